The maximum atomic E-state index is 10.5. The van der Waals surface area contributed by atoms with Gasteiger partial charge in [0.25, 0.3) is 0 Å². The molecule has 1 N–H and O–H groups in total. The van der Waals surface area contributed by atoms with E-state index in [0.29, 0.717) is 28.9 Å². The van der Waals surface area contributed by atoms with Gasteiger partial charge in [0.2, 0.25) is 0 Å². The first-order valence-corrected chi connectivity index (χ1v) is 9.85. The predicted molar refractivity (Wildman–Crippen MR) is 109 cm³/mol. The number of β-amino-alcohol motifs (C(OH)–C–C–N with tert-alkyl or cyclic N) is 1. The maximum Gasteiger partial charge on any atom is 0.138 e. The van der Waals surface area contributed by atoms with Gasteiger partial charge in [-0.2, -0.15) is 5.26 Å². The van der Waals surface area contributed by atoms with Gasteiger partial charge < -0.3 is 14.6 Å². The van der Waals surface area contributed by atoms with E-state index >= 15 is 0 Å². The Bertz CT molecular complexity index is 837. The average molecular weight is 401 g/mol. The second-order valence-corrected chi connectivity index (χ2v) is 7.44. The number of methoxy groups -OCH3 is 1. The van der Waals surface area contributed by atoms with Gasteiger partial charge in [-0.1, -0.05) is 29.8 Å². The van der Waals surface area contributed by atoms with Crippen LogP contribution in [0.2, 0.25) is 5.02 Å². The number of aliphatic hydroxyl groups is 1. The molecule has 0 aliphatic carbocycles. The highest BCUT2D eigenvalue weighted by atomic mass is 35.5. The van der Waals surface area contributed by atoms with E-state index in [1.54, 1.807) is 25.3 Å². The van der Waals surface area contributed by atoms with Gasteiger partial charge in [-0.15, -0.1) is 0 Å². The van der Waals surface area contributed by atoms with E-state index in [4.69, 9.17) is 21.1 Å². The van der Waals surface area contributed by atoms with E-state index in [1.165, 1.54) is 5.56 Å². The van der Waals surface area contributed by atoms with Crippen molar-refractivity contribution in [2.45, 2.75) is 31.4 Å². The molecule has 0 amide bonds. The minimum atomic E-state index is -0.642. The molecule has 0 aromatic heterocycles. The van der Waals surface area contributed by atoms with Crippen LogP contribution in [0.25, 0.3) is 0 Å². The molecular formula is C22H25ClN2O3. The minimum absolute atomic E-state index is 0.122. The molecule has 1 fully saturated rings. The first-order chi connectivity index (χ1) is 13.6. The average Bonchev–Trinajstić information content (AvgIpc) is 3.13. The Hall–Kier alpha value is -2.26. The van der Waals surface area contributed by atoms with Crippen molar-refractivity contribution < 1.29 is 14.6 Å². The van der Waals surface area contributed by atoms with E-state index in [9.17, 15) is 10.4 Å². The molecule has 6 heteroatoms. The molecular weight excluding hydrogens is 376 g/mol. The van der Waals surface area contributed by atoms with Crippen LogP contribution >= 0.6 is 11.6 Å². The number of rotatable bonds is 8. The summed E-state index contributed by atoms with van der Waals surface area (Å²) in [5.41, 5.74) is 1.54. The zero-order valence-electron chi connectivity index (χ0n) is 16.0. The van der Waals surface area contributed by atoms with E-state index in [0.717, 1.165) is 31.6 Å². The molecule has 0 unspecified atom stereocenters. The molecule has 0 saturated carbocycles. The Kier molecular flexibility index (Phi) is 7.16. The third-order valence-electron chi connectivity index (χ3n) is 5.07. The molecule has 1 heterocycles. The van der Waals surface area contributed by atoms with Crippen LogP contribution in [0, 0.1) is 11.3 Å². The van der Waals surface area contributed by atoms with E-state index < -0.39 is 6.10 Å². The fraction of sp³-hybridized carbons (Fsp3) is 0.409. The number of hydrogen-bond donors (Lipinski definition) is 1. The zero-order chi connectivity index (χ0) is 19.9. The van der Waals surface area contributed by atoms with Crippen LogP contribution < -0.4 is 9.47 Å². The van der Waals surface area contributed by atoms with Crippen molar-refractivity contribution in [3.05, 3.63) is 58.6 Å². The summed E-state index contributed by atoms with van der Waals surface area (Å²) in [4.78, 5) is 2.32. The van der Waals surface area contributed by atoms with Gasteiger partial charge in [0.1, 0.15) is 35.8 Å². The van der Waals surface area contributed by atoms with Gasteiger partial charge in [-0.05, 0) is 55.6 Å². The zero-order valence-corrected chi connectivity index (χ0v) is 16.7. The predicted octanol–water partition coefficient (Wildman–Crippen LogP) is 3.67. The molecule has 1 saturated heterocycles. The van der Waals surface area contributed by atoms with Crippen molar-refractivity contribution in [2.75, 3.05) is 26.8 Å². The van der Waals surface area contributed by atoms with Crippen molar-refractivity contribution in [2.24, 2.45) is 0 Å². The summed E-state index contributed by atoms with van der Waals surface area (Å²) in [6.07, 6.45) is 2.51. The van der Waals surface area contributed by atoms with Crippen molar-refractivity contribution in [3.63, 3.8) is 0 Å². The fourth-order valence-corrected chi connectivity index (χ4v) is 3.89. The Morgan fingerprint density at radius 2 is 2.14 bits per heavy atom. The van der Waals surface area contributed by atoms with Crippen molar-refractivity contribution in [1.82, 2.24) is 4.90 Å². The summed E-state index contributed by atoms with van der Waals surface area (Å²) in [7, 11) is 1.68. The summed E-state index contributed by atoms with van der Waals surface area (Å²) in [5, 5.41) is 20.0. The molecule has 1 aliphatic heterocycles. The number of aliphatic hydroxyl groups excluding tert-OH is 1. The highest BCUT2D eigenvalue weighted by molar-refractivity contribution is 6.31. The lowest BCUT2D eigenvalue weighted by atomic mass is 10.0. The molecule has 2 aromatic rings. The number of benzene rings is 2. The molecule has 5 nitrogen and oxygen atoms in total. The SMILES string of the molecule is COc1cccc(C[C@@H]2CCCN2C[C@@H](O)COc2cccc(Cl)c2C#N)c1. The summed E-state index contributed by atoms with van der Waals surface area (Å²) in [6.45, 7) is 1.63. The number of likely N-dealkylation sites (tertiary alicyclic amines) is 1. The van der Waals surface area contributed by atoms with Gasteiger partial charge in [0.15, 0.2) is 0 Å². The molecule has 3 rings (SSSR count). The second kappa shape index (κ2) is 9.79. The third kappa shape index (κ3) is 5.17. The Balaban J connectivity index is 1.55. The lowest BCUT2D eigenvalue weighted by Crippen LogP contribution is -2.39. The molecule has 28 heavy (non-hydrogen) atoms. The fourth-order valence-electron chi connectivity index (χ4n) is 3.68. The quantitative estimate of drug-likeness (QED) is 0.732. The number of ether oxygens (including phenoxy) is 2. The lowest BCUT2D eigenvalue weighted by Gasteiger charge is -2.27. The van der Waals surface area contributed by atoms with E-state index in [1.807, 2.05) is 18.2 Å². The van der Waals surface area contributed by atoms with E-state index in [-0.39, 0.29) is 6.61 Å². The lowest BCUT2D eigenvalue weighted by molar-refractivity contribution is 0.0638. The summed E-state index contributed by atoms with van der Waals surface area (Å²) >= 11 is 6.02. The highest BCUT2D eigenvalue weighted by Crippen LogP contribution is 2.26. The van der Waals surface area contributed by atoms with Crippen LogP contribution in [-0.4, -0.2) is 49.0 Å². The molecule has 148 valence electrons. The first-order valence-electron chi connectivity index (χ1n) is 9.47. The third-order valence-corrected chi connectivity index (χ3v) is 5.38. The smallest absolute Gasteiger partial charge is 0.138 e. The first kappa shape index (κ1) is 20.5. The standard InChI is InChI=1S/C22H25ClN2O3/c1-27-19-7-2-5-16(12-19)11-17-6-4-10-25(17)14-18(26)15-28-22-9-3-8-21(23)20(22)13-24/h2-3,5,7-9,12,17-18,26H,4,6,10-11,14-15H2,1H3/t17-,18+/m0/s1. The van der Waals surface area contributed by atoms with Crippen molar-refractivity contribution in [1.29, 1.82) is 5.26 Å². The molecule has 2 atom stereocenters. The maximum absolute atomic E-state index is 10.5. The topological polar surface area (TPSA) is 65.7 Å². The van der Waals surface area contributed by atoms with Crippen molar-refractivity contribution >= 4 is 11.6 Å². The summed E-state index contributed by atoms with van der Waals surface area (Å²) in [6, 6.07) is 15.6. The normalized spacial score (nSPS) is 17.9. The number of hydrogen-bond acceptors (Lipinski definition) is 5. The molecule has 0 bridgehead atoms. The number of nitriles is 1. The van der Waals surface area contributed by atoms with Crippen LogP contribution in [-0.2, 0) is 6.42 Å². The van der Waals surface area contributed by atoms with Crippen LogP contribution in [0.3, 0.4) is 0 Å². The van der Waals surface area contributed by atoms with Crippen LogP contribution in [0.5, 0.6) is 11.5 Å². The van der Waals surface area contributed by atoms with Gasteiger partial charge in [-0.25, -0.2) is 0 Å². The van der Waals surface area contributed by atoms with Crippen LogP contribution in [0.4, 0.5) is 0 Å². The van der Waals surface area contributed by atoms with Gasteiger partial charge in [0.05, 0.1) is 12.1 Å². The minimum Gasteiger partial charge on any atom is -0.497 e. The molecule has 1 aliphatic rings. The molecule has 0 spiro atoms. The monoisotopic (exact) mass is 400 g/mol. The van der Waals surface area contributed by atoms with Gasteiger partial charge >= 0.3 is 0 Å². The van der Waals surface area contributed by atoms with Crippen LogP contribution in [0.1, 0.15) is 24.0 Å². The highest BCUT2D eigenvalue weighted by Gasteiger charge is 2.26. The largest absolute Gasteiger partial charge is 0.497 e. The summed E-state index contributed by atoms with van der Waals surface area (Å²) < 4.78 is 11.0. The second-order valence-electron chi connectivity index (χ2n) is 7.04. The molecule has 0 radical (unpaired) electrons. The van der Waals surface area contributed by atoms with Crippen molar-refractivity contribution in [3.8, 4) is 17.6 Å². The molecule has 2 aromatic carbocycles. The Labute approximate surface area is 171 Å². The van der Waals surface area contributed by atoms with Crippen LogP contribution in [0.15, 0.2) is 42.5 Å². The summed E-state index contributed by atoms with van der Waals surface area (Å²) in [5.74, 6) is 1.27. The van der Waals surface area contributed by atoms with Gasteiger partial charge in [-0.3, -0.25) is 4.90 Å². The van der Waals surface area contributed by atoms with Gasteiger partial charge in [0, 0.05) is 12.6 Å². The number of halogens is 1. The number of nitrogens with zero attached hydrogens (tertiary/aromatic N) is 2. The van der Waals surface area contributed by atoms with E-state index in [2.05, 4.69) is 17.0 Å². The Morgan fingerprint density at radius 3 is 2.93 bits per heavy atom. The Morgan fingerprint density at radius 1 is 1.32 bits per heavy atom.